The monoisotopic (exact) mass is 379 g/mol. The number of carbonyl (C=O) groups is 1. The minimum Gasteiger partial charge on any atom is -0.426 e. The van der Waals surface area contributed by atoms with Crippen LogP contribution < -0.4 is 4.74 Å². The molecule has 0 aliphatic heterocycles. The van der Waals surface area contributed by atoms with E-state index in [0.29, 0.717) is 18.0 Å². The van der Waals surface area contributed by atoms with Gasteiger partial charge in [-0.1, -0.05) is 40.0 Å². The second-order valence-corrected chi connectivity index (χ2v) is 7.13. The normalized spacial score (nSPS) is 12.8. The number of benzene rings is 1. The lowest BCUT2D eigenvalue weighted by Gasteiger charge is -2.15. The van der Waals surface area contributed by atoms with E-state index in [2.05, 4.69) is 23.0 Å². The molecule has 5 heteroatoms. The molecule has 0 aliphatic rings. The number of rotatable bonds is 10. The first kappa shape index (κ1) is 21.6. The third-order valence-electron chi connectivity index (χ3n) is 4.85. The molecule has 0 spiro atoms. The van der Waals surface area contributed by atoms with Crippen LogP contribution in [0.25, 0.3) is 11.4 Å². The maximum atomic E-state index is 12.3. The van der Waals surface area contributed by atoms with E-state index in [1.54, 1.807) is 19.1 Å². The number of ether oxygens (including phenoxy) is 1. The molecule has 0 amide bonds. The van der Waals surface area contributed by atoms with Crippen LogP contribution in [0.15, 0.2) is 36.7 Å². The van der Waals surface area contributed by atoms with Crippen LogP contribution in [0.1, 0.15) is 58.4 Å². The molecule has 1 aromatic carbocycles. The smallest absolute Gasteiger partial charge is 0.315 e. The van der Waals surface area contributed by atoms with Gasteiger partial charge in [0.1, 0.15) is 5.75 Å². The van der Waals surface area contributed by atoms with Gasteiger partial charge in [0.2, 0.25) is 0 Å². The molecule has 2 atom stereocenters. The number of hydrogen-bond acceptors (Lipinski definition) is 5. The van der Waals surface area contributed by atoms with Crippen LogP contribution in [0.3, 0.4) is 0 Å². The fourth-order valence-electron chi connectivity index (χ4n) is 2.99. The van der Waals surface area contributed by atoms with Crippen molar-refractivity contribution in [1.29, 1.82) is 5.26 Å². The Morgan fingerprint density at radius 2 is 1.79 bits per heavy atom. The number of unbranched alkanes of at least 4 members (excludes halogenated alkanes) is 2. The maximum Gasteiger partial charge on any atom is 0.315 e. The van der Waals surface area contributed by atoms with Gasteiger partial charge in [0.05, 0.1) is 17.9 Å². The molecule has 0 aliphatic carbocycles. The molecule has 28 heavy (non-hydrogen) atoms. The first-order valence-corrected chi connectivity index (χ1v) is 10.1. The second kappa shape index (κ2) is 11.2. The molecular weight excluding hydrogens is 350 g/mol. The number of carbonyl (C=O) groups excluding carboxylic acids is 1. The summed E-state index contributed by atoms with van der Waals surface area (Å²) in [6, 6.07) is 9.36. The van der Waals surface area contributed by atoms with E-state index in [1.807, 2.05) is 31.5 Å². The average Bonchev–Trinajstić information content (AvgIpc) is 2.73. The van der Waals surface area contributed by atoms with Gasteiger partial charge in [-0.3, -0.25) is 4.79 Å². The molecule has 0 saturated carbocycles. The van der Waals surface area contributed by atoms with Crippen molar-refractivity contribution in [3.63, 3.8) is 0 Å². The molecule has 0 bridgehead atoms. The Morgan fingerprint density at radius 1 is 1.11 bits per heavy atom. The van der Waals surface area contributed by atoms with Crippen molar-refractivity contribution in [2.75, 3.05) is 0 Å². The molecule has 1 heterocycles. The van der Waals surface area contributed by atoms with Crippen LogP contribution in [-0.4, -0.2) is 15.9 Å². The van der Waals surface area contributed by atoms with Crippen molar-refractivity contribution in [2.24, 2.45) is 11.8 Å². The lowest BCUT2D eigenvalue weighted by molar-refractivity contribution is -0.139. The zero-order valence-corrected chi connectivity index (χ0v) is 17.0. The van der Waals surface area contributed by atoms with Gasteiger partial charge >= 0.3 is 5.97 Å². The third kappa shape index (κ3) is 6.16. The van der Waals surface area contributed by atoms with E-state index in [-0.39, 0.29) is 11.9 Å². The summed E-state index contributed by atoms with van der Waals surface area (Å²) in [5.41, 5.74) is 2.02. The SMILES string of the molecule is CCCCCc1cnc(-c2ccc(OC(=O)C(C)C(C#N)CCC)cc2)nc1. The predicted octanol–water partition coefficient (Wildman–Crippen LogP) is 5.36. The van der Waals surface area contributed by atoms with Crippen molar-refractivity contribution in [1.82, 2.24) is 9.97 Å². The molecule has 0 saturated heterocycles. The summed E-state index contributed by atoms with van der Waals surface area (Å²) in [4.78, 5) is 21.2. The maximum absolute atomic E-state index is 12.3. The average molecular weight is 380 g/mol. The zero-order chi connectivity index (χ0) is 20.4. The van der Waals surface area contributed by atoms with Gasteiger partial charge in [-0.2, -0.15) is 5.26 Å². The van der Waals surface area contributed by atoms with Gasteiger partial charge in [-0.15, -0.1) is 0 Å². The van der Waals surface area contributed by atoms with Crippen LogP contribution in [0.2, 0.25) is 0 Å². The summed E-state index contributed by atoms with van der Waals surface area (Å²) in [5.74, 6) is -0.0300. The van der Waals surface area contributed by atoms with Gasteiger partial charge in [0, 0.05) is 18.0 Å². The Bertz CT molecular complexity index is 779. The van der Waals surface area contributed by atoms with Gasteiger partial charge in [-0.05, 0) is 49.1 Å². The number of nitriles is 1. The van der Waals surface area contributed by atoms with E-state index < -0.39 is 5.92 Å². The van der Waals surface area contributed by atoms with Crippen molar-refractivity contribution >= 4 is 5.97 Å². The fraction of sp³-hybridized carbons (Fsp3) is 0.478. The van der Waals surface area contributed by atoms with E-state index >= 15 is 0 Å². The summed E-state index contributed by atoms with van der Waals surface area (Å²) in [5, 5.41) is 9.21. The molecular formula is C23H29N3O2. The molecule has 5 nitrogen and oxygen atoms in total. The largest absolute Gasteiger partial charge is 0.426 e. The van der Waals surface area contributed by atoms with Crippen LogP contribution in [-0.2, 0) is 11.2 Å². The highest BCUT2D eigenvalue weighted by atomic mass is 16.5. The quantitative estimate of drug-likeness (QED) is 0.316. The summed E-state index contributed by atoms with van der Waals surface area (Å²) in [6.45, 7) is 5.94. The standard InChI is InChI=1S/C23H29N3O2/c1-4-6-7-9-18-15-25-22(26-16-18)19-10-12-21(13-11-19)28-23(27)17(3)20(14-24)8-5-2/h10-13,15-17,20H,4-9H2,1-3H3. The summed E-state index contributed by atoms with van der Waals surface area (Å²) < 4.78 is 5.44. The Morgan fingerprint density at radius 3 is 2.36 bits per heavy atom. The van der Waals surface area contributed by atoms with Crippen molar-refractivity contribution in [3.8, 4) is 23.2 Å². The van der Waals surface area contributed by atoms with Gasteiger partial charge in [0.15, 0.2) is 5.82 Å². The molecule has 148 valence electrons. The van der Waals surface area contributed by atoms with Crippen molar-refractivity contribution < 1.29 is 9.53 Å². The Balaban J connectivity index is 1.97. The minimum absolute atomic E-state index is 0.319. The first-order chi connectivity index (χ1) is 13.6. The Kier molecular flexibility index (Phi) is 8.61. The molecule has 0 radical (unpaired) electrons. The highest BCUT2D eigenvalue weighted by Gasteiger charge is 2.25. The highest BCUT2D eigenvalue weighted by molar-refractivity contribution is 5.75. The first-order valence-electron chi connectivity index (χ1n) is 10.1. The number of esters is 1. The van der Waals surface area contributed by atoms with Crippen LogP contribution in [0.5, 0.6) is 5.75 Å². The number of aryl methyl sites for hydroxylation is 1. The Labute approximate surface area is 167 Å². The second-order valence-electron chi connectivity index (χ2n) is 7.13. The molecule has 2 rings (SSSR count). The van der Waals surface area contributed by atoms with Gasteiger partial charge in [0.25, 0.3) is 0 Å². The van der Waals surface area contributed by atoms with E-state index in [4.69, 9.17) is 4.74 Å². The third-order valence-corrected chi connectivity index (χ3v) is 4.85. The van der Waals surface area contributed by atoms with Crippen LogP contribution >= 0.6 is 0 Å². The summed E-state index contributed by atoms with van der Waals surface area (Å²) in [6.07, 6.45) is 9.89. The van der Waals surface area contributed by atoms with Crippen molar-refractivity contribution in [3.05, 3.63) is 42.2 Å². The number of nitrogens with zero attached hydrogens (tertiary/aromatic N) is 3. The number of hydrogen-bond donors (Lipinski definition) is 0. The summed E-state index contributed by atoms with van der Waals surface area (Å²) in [7, 11) is 0. The molecule has 0 N–H and O–H groups in total. The fourth-order valence-corrected chi connectivity index (χ4v) is 2.99. The van der Waals surface area contributed by atoms with E-state index in [0.717, 1.165) is 30.4 Å². The Hall–Kier alpha value is -2.74. The molecule has 2 aromatic rings. The zero-order valence-electron chi connectivity index (χ0n) is 17.0. The lowest BCUT2D eigenvalue weighted by atomic mass is 9.91. The lowest BCUT2D eigenvalue weighted by Crippen LogP contribution is -2.24. The molecule has 0 fully saturated rings. The molecule has 1 aromatic heterocycles. The van der Waals surface area contributed by atoms with Crippen LogP contribution in [0.4, 0.5) is 0 Å². The minimum atomic E-state index is -0.451. The molecule has 2 unspecified atom stereocenters. The highest BCUT2D eigenvalue weighted by Crippen LogP contribution is 2.23. The number of aromatic nitrogens is 2. The predicted molar refractivity (Wildman–Crippen MR) is 110 cm³/mol. The van der Waals surface area contributed by atoms with Crippen molar-refractivity contribution in [2.45, 2.75) is 59.3 Å². The van der Waals surface area contributed by atoms with Gasteiger partial charge < -0.3 is 4.74 Å². The van der Waals surface area contributed by atoms with Crippen LogP contribution in [0, 0.1) is 23.2 Å². The van der Waals surface area contributed by atoms with Gasteiger partial charge in [-0.25, -0.2) is 9.97 Å². The topological polar surface area (TPSA) is 75.9 Å². The van der Waals surface area contributed by atoms with E-state index in [1.165, 1.54) is 12.8 Å². The summed E-state index contributed by atoms with van der Waals surface area (Å²) >= 11 is 0. The van der Waals surface area contributed by atoms with E-state index in [9.17, 15) is 10.1 Å².